The largest absolute Gasteiger partial charge is 0.478 e. The van der Waals surface area contributed by atoms with Crippen molar-refractivity contribution in [2.24, 2.45) is 0 Å². The van der Waals surface area contributed by atoms with Crippen molar-refractivity contribution >= 4 is 82.2 Å². The van der Waals surface area contributed by atoms with Crippen molar-refractivity contribution in [3.63, 3.8) is 0 Å². The molecular weight excluding hydrogens is 860 g/mol. The number of hydrogen-bond acceptors (Lipinski definition) is 11. The van der Waals surface area contributed by atoms with Gasteiger partial charge in [-0.1, -0.05) is 75.1 Å². The van der Waals surface area contributed by atoms with Gasteiger partial charge in [-0.25, -0.2) is 9.59 Å². The Morgan fingerprint density at radius 3 is 1.40 bits per heavy atom. The third-order valence-corrected chi connectivity index (χ3v) is 9.28. The minimum absolute atomic E-state index is 0.0939. The van der Waals surface area contributed by atoms with Gasteiger partial charge in [-0.15, -0.1) is 0 Å². The predicted octanol–water partition coefficient (Wildman–Crippen LogP) is 10.3. The Balaban J connectivity index is 0.00000221. The minimum atomic E-state index is -1.37. The minimum Gasteiger partial charge on any atom is -0.478 e. The van der Waals surface area contributed by atoms with E-state index in [1.165, 1.54) is 36.4 Å². The van der Waals surface area contributed by atoms with Crippen LogP contribution in [0.25, 0.3) is 11.1 Å². The fourth-order valence-corrected chi connectivity index (χ4v) is 6.10. The highest BCUT2D eigenvalue weighted by Gasteiger charge is 2.21. The van der Waals surface area contributed by atoms with E-state index in [9.17, 15) is 29.4 Å². The maximum Gasteiger partial charge on any atom is 0.336 e. The van der Waals surface area contributed by atoms with Crippen LogP contribution in [0.5, 0.6) is 23.0 Å². The van der Waals surface area contributed by atoms with Crippen LogP contribution in [0.4, 0.5) is 11.4 Å². The van der Waals surface area contributed by atoms with Gasteiger partial charge >= 0.3 is 23.5 Å². The summed E-state index contributed by atoms with van der Waals surface area (Å²) in [6, 6.07) is 31.9. The molecule has 0 fully saturated rings. The van der Waals surface area contributed by atoms with Gasteiger partial charge in [-0.3, -0.25) is 9.59 Å². The quantitative estimate of drug-likeness (QED) is 0.0348. The van der Waals surface area contributed by atoms with E-state index >= 15 is 0 Å². The average Bonchev–Trinajstić information content (AvgIpc) is 3.22. The van der Waals surface area contributed by atoms with Crippen molar-refractivity contribution in [2.75, 3.05) is 10.6 Å². The summed E-state index contributed by atoms with van der Waals surface area (Å²) >= 11 is 12.8. The number of aryl methyl sites for hydroxylation is 2. The highest BCUT2D eigenvalue weighted by atomic mass is 35.5. The molecule has 0 aliphatic heterocycles. The Kier molecular flexibility index (Phi) is 15.4. The van der Waals surface area contributed by atoms with E-state index in [0.717, 1.165) is 11.1 Å². The number of carbonyl (C=O) groups is 4. The molecule has 6 rings (SSSR count). The number of carboxylic acids is 2. The SMILES string of the molecule is Cc1ccc(OOSOc2ccc(C(=O)Nc3ccc(-c4ccc(NC(=O)c5ccc(Oc6ccc(C)cc6)cc5C(=O)O)c(Cl)c4)cc3Cl)c(C(=O)O)c2)cc1.O=S=O. The first kappa shape index (κ1) is 44.4. The van der Waals surface area contributed by atoms with E-state index in [1.54, 1.807) is 60.7 Å². The van der Waals surface area contributed by atoms with Gasteiger partial charge in [0, 0.05) is 0 Å². The van der Waals surface area contributed by atoms with E-state index in [4.69, 9.17) is 49.8 Å². The van der Waals surface area contributed by atoms with Crippen molar-refractivity contribution in [2.45, 2.75) is 13.8 Å². The summed E-state index contributed by atoms with van der Waals surface area (Å²) in [5, 5.41) is 25.3. The standard InChI is InChI=1S/C42H30Cl2N2O10S.O2S/c1-23-3-9-27(10-4-23)53-29-13-15-31(33(21-29)41(49)50)39(47)45-37-17-7-25(19-35(37)43)26-8-18-38(36(44)20-26)46-40(48)32-16-14-30(22-34(32)42(51)52)55-57-56-54-28-11-5-24(2)6-12-28;1-3-2/h3-22H,1-2H3,(H,45,47)(H,46,48)(H,49,50)(H,51,52);. The normalized spacial score (nSPS) is 10.3. The van der Waals surface area contributed by atoms with Crippen LogP contribution in [0, 0.1) is 13.8 Å². The van der Waals surface area contributed by atoms with Gasteiger partial charge in [-0.05, 0) is 110 Å². The van der Waals surface area contributed by atoms with Crippen molar-refractivity contribution in [1.82, 2.24) is 0 Å². The number of amides is 2. The second-order valence-corrected chi connectivity index (χ2v) is 13.8. The van der Waals surface area contributed by atoms with Gasteiger partial charge in [0.25, 0.3) is 24.1 Å². The number of rotatable bonds is 14. The second kappa shape index (κ2) is 20.8. The van der Waals surface area contributed by atoms with Gasteiger partial charge in [-0.2, -0.15) is 8.42 Å². The molecule has 0 aliphatic carbocycles. The molecule has 14 nitrogen and oxygen atoms in total. The topological polar surface area (TPSA) is 204 Å². The molecule has 6 aromatic rings. The molecule has 0 aliphatic rings. The van der Waals surface area contributed by atoms with Crippen molar-refractivity contribution in [3.05, 3.63) is 165 Å². The number of hydrogen-bond donors (Lipinski definition) is 4. The Labute approximate surface area is 359 Å². The number of carbonyl (C=O) groups excluding carboxylic acids is 2. The molecule has 0 spiro atoms. The maximum atomic E-state index is 13.2. The zero-order valence-electron chi connectivity index (χ0n) is 31.1. The summed E-state index contributed by atoms with van der Waals surface area (Å²) < 4.78 is 32.7. The second-order valence-electron chi connectivity index (χ2n) is 12.4. The van der Waals surface area contributed by atoms with Crippen LogP contribution in [0.15, 0.2) is 121 Å². The molecule has 0 aromatic heterocycles. The van der Waals surface area contributed by atoms with E-state index < -0.39 is 35.3 Å². The fraction of sp³-hybridized carbons (Fsp3) is 0.0476. The molecule has 0 heterocycles. The Bertz CT molecular complexity index is 2600. The molecule has 4 N–H and O–H groups in total. The Hall–Kier alpha value is -6.69. The highest BCUT2D eigenvalue weighted by Crippen LogP contribution is 2.34. The molecule has 0 unspecified atom stereocenters. The molecule has 6 aromatic carbocycles. The summed E-state index contributed by atoms with van der Waals surface area (Å²) in [5.41, 5.74) is 2.88. The summed E-state index contributed by atoms with van der Waals surface area (Å²) in [4.78, 5) is 55.7. The lowest BCUT2D eigenvalue weighted by Gasteiger charge is -2.13. The number of benzene rings is 6. The van der Waals surface area contributed by atoms with Crippen molar-refractivity contribution in [1.29, 1.82) is 0 Å². The molecule has 60 heavy (non-hydrogen) atoms. The number of anilines is 2. The number of ether oxygens (including phenoxy) is 1. The highest BCUT2D eigenvalue weighted by molar-refractivity contribution is 7.90. The van der Waals surface area contributed by atoms with Gasteiger partial charge in [0.2, 0.25) is 0 Å². The third-order valence-electron chi connectivity index (χ3n) is 8.27. The van der Waals surface area contributed by atoms with Crippen LogP contribution in [0.1, 0.15) is 52.6 Å². The third kappa shape index (κ3) is 11.9. The van der Waals surface area contributed by atoms with Crippen LogP contribution < -0.4 is 24.4 Å². The summed E-state index contributed by atoms with van der Waals surface area (Å²) in [6.45, 7) is 3.86. The summed E-state index contributed by atoms with van der Waals surface area (Å²) in [6.07, 6.45) is 0. The van der Waals surface area contributed by atoms with E-state index in [-0.39, 0.29) is 55.2 Å². The summed E-state index contributed by atoms with van der Waals surface area (Å²) in [7, 11) is 0. The number of aromatic carboxylic acids is 2. The first-order chi connectivity index (χ1) is 28.8. The molecule has 0 saturated heterocycles. The lowest BCUT2D eigenvalue weighted by Crippen LogP contribution is -2.17. The first-order valence-electron chi connectivity index (χ1n) is 17.1. The zero-order chi connectivity index (χ0) is 43.3. The van der Waals surface area contributed by atoms with Crippen molar-refractivity contribution < 1.29 is 56.0 Å². The molecule has 0 bridgehead atoms. The molecular formula is C42H30Cl2N2O12S2. The zero-order valence-corrected chi connectivity index (χ0v) is 34.2. The maximum absolute atomic E-state index is 13.2. The number of carboxylic acid groups (broad SMARTS) is 2. The monoisotopic (exact) mass is 888 g/mol. The van der Waals surface area contributed by atoms with Crippen LogP contribution in [-0.4, -0.2) is 42.4 Å². The van der Waals surface area contributed by atoms with E-state index in [0.29, 0.717) is 34.9 Å². The van der Waals surface area contributed by atoms with Gasteiger partial charge < -0.3 is 34.7 Å². The van der Waals surface area contributed by atoms with Gasteiger partial charge in [0.1, 0.15) is 17.2 Å². The van der Waals surface area contributed by atoms with Gasteiger partial charge in [0.05, 0.1) is 43.7 Å². The van der Waals surface area contributed by atoms with E-state index in [2.05, 4.69) is 10.6 Å². The van der Waals surface area contributed by atoms with Gasteiger partial charge in [0.15, 0.2) is 5.75 Å². The van der Waals surface area contributed by atoms with Crippen molar-refractivity contribution in [3.8, 4) is 34.1 Å². The predicted molar refractivity (Wildman–Crippen MR) is 226 cm³/mol. The number of nitrogens with one attached hydrogen (secondary N) is 2. The van der Waals surface area contributed by atoms with Crippen LogP contribution >= 0.6 is 35.5 Å². The average molecular weight is 890 g/mol. The molecule has 0 radical (unpaired) electrons. The van der Waals surface area contributed by atoms with Crippen LogP contribution in [-0.2, 0) is 15.9 Å². The van der Waals surface area contributed by atoms with Crippen LogP contribution in [0.3, 0.4) is 0 Å². The first-order valence-corrected chi connectivity index (χ1v) is 19.2. The number of halogens is 2. The molecule has 0 atom stereocenters. The smallest absolute Gasteiger partial charge is 0.336 e. The lowest BCUT2D eigenvalue weighted by molar-refractivity contribution is -0.0833. The van der Waals surface area contributed by atoms with Crippen LogP contribution in [0.2, 0.25) is 10.0 Å². The molecule has 0 saturated carbocycles. The molecule has 18 heteroatoms. The Morgan fingerprint density at radius 2 is 0.950 bits per heavy atom. The Morgan fingerprint density at radius 1 is 0.533 bits per heavy atom. The fourth-order valence-electron chi connectivity index (χ4n) is 5.33. The molecule has 306 valence electrons. The lowest BCUT2D eigenvalue weighted by atomic mass is 10.0. The molecule has 2 amide bonds. The van der Waals surface area contributed by atoms with E-state index in [1.807, 2.05) is 38.1 Å². The summed E-state index contributed by atoms with van der Waals surface area (Å²) in [5.74, 6) is -2.83.